The molecular weight excluding hydrogens is 496 g/mol. The Morgan fingerprint density at radius 3 is 2.49 bits per heavy atom. The first-order valence-corrected chi connectivity index (χ1v) is 14.4. The van der Waals surface area contributed by atoms with Crippen LogP contribution in [0.15, 0.2) is 23.0 Å². The van der Waals surface area contributed by atoms with E-state index in [-0.39, 0.29) is 24.1 Å². The number of unbranched alkanes of at least 4 members (excludes halogenated alkanes) is 9. The molecule has 3 amide bonds. The number of nitrogens with zero attached hydrogens (tertiary/aromatic N) is 2. The Bertz CT molecular complexity index is 1250. The van der Waals surface area contributed by atoms with Crippen LogP contribution in [0, 0.1) is 11.8 Å². The molecule has 0 saturated carbocycles. The summed E-state index contributed by atoms with van der Waals surface area (Å²) in [5.41, 5.74) is 1.85. The average Bonchev–Trinajstić information content (AvgIpc) is 3.17. The summed E-state index contributed by atoms with van der Waals surface area (Å²) in [6.45, 7) is 3.23. The van der Waals surface area contributed by atoms with E-state index in [1.807, 2.05) is 18.2 Å². The molecule has 1 saturated heterocycles. The van der Waals surface area contributed by atoms with Crippen LogP contribution in [0.5, 0.6) is 0 Å². The van der Waals surface area contributed by atoms with Crippen molar-refractivity contribution in [3.05, 3.63) is 34.2 Å². The highest BCUT2D eigenvalue weighted by Gasteiger charge is 2.31. The molecule has 2 aromatic rings. The predicted octanol–water partition coefficient (Wildman–Crippen LogP) is 4.71. The Morgan fingerprint density at radius 1 is 1.05 bits per heavy atom. The zero-order valence-electron chi connectivity index (χ0n) is 23.4. The second kappa shape index (κ2) is 15.8. The number of aryl methyl sites for hydroxylation is 1. The molecule has 1 fully saturated rings. The van der Waals surface area contributed by atoms with Crippen LogP contribution >= 0.6 is 0 Å². The van der Waals surface area contributed by atoms with Gasteiger partial charge >= 0.3 is 11.8 Å². The van der Waals surface area contributed by atoms with E-state index in [4.69, 9.17) is 4.74 Å². The Balaban J connectivity index is 1.36. The van der Waals surface area contributed by atoms with Crippen LogP contribution in [0.3, 0.4) is 0 Å². The maximum absolute atomic E-state index is 13.0. The predicted molar refractivity (Wildman–Crippen MR) is 151 cm³/mol. The van der Waals surface area contributed by atoms with Crippen LogP contribution in [-0.4, -0.2) is 40.2 Å². The third-order valence-corrected chi connectivity index (χ3v) is 7.08. The van der Waals surface area contributed by atoms with Gasteiger partial charge in [0.2, 0.25) is 11.8 Å². The fraction of sp³-hybridized carbons (Fsp3) is 0.600. The number of hydrogen-bond acceptors (Lipinski definition) is 5. The van der Waals surface area contributed by atoms with Crippen molar-refractivity contribution >= 4 is 28.9 Å². The number of para-hydroxylation sites is 1. The fourth-order valence-corrected chi connectivity index (χ4v) is 4.88. The van der Waals surface area contributed by atoms with E-state index in [1.54, 1.807) is 11.6 Å². The molecule has 0 spiro atoms. The first-order valence-electron chi connectivity index (χ1n) is 14.4. The van der Waals surface area contributed by atoms with Gasteiger partial charge in [0.1, 0.15) is 6.04 Å². The highest BCUT2D eigenvalue weighted by molar-refractivity contribution is 6.00. The molecule has 2 N–H and O–H groups in total. The molecule has 212 valence electrons. The van der Waals surface area contributed by atoms with Crippen molar-refractivity contribution in [2.75, 3.05) is 13.2 Å². The number of alkyl carbamates (subject to hydrolysis) is 1. The van der Waals surface area contributed by atoms with E-state index in [1.165, 1.54) is 30.3 Å². The molecule has 39 heavy (non-hydrogen) atoms. The number of imide groups is 1. The standard InChI is InChI=1S/C30H42N4O5/c1-3-4-22-39-29(37)31-21-14-12-10-8-6-5-7-9-11-13-16-23-17-15-18-24-27(23)33(2)30(38)34(24)25-19-20-26(35)32-28(25)36/h15,17-18,25H,3-12,14,19-22H2,1-2H3,(H,31,37)(H,32,35,36). The zero-order chi connectivity index (χ0) is 28.0. The molecule has 9 heteroatoms. The van der Waals surface area contributed by atoms with Gasteiger partial charge in [0.15, 0.2) is 0 Å². The van der Waals surface area contributed by atoms with Crippen molar-refractivity contribution in [2.24, 2.45) is 7.05 Å². The first kappa shape index (κ1) is 30.0. The lowest BCUT2D eigenvalue weighted by Crippen LogP contribution is -2.44. The van der Waals surface area contributed by atoms with Crippen molar-refractivity contribution in [3.8, 4) is 11.8 Å². The molecule has 1 aliphatic rings. The molecule has 1 aromatic heterocycles. The SMILES string of the molecule is CCCCOC(=O)NCCCCCCCCCCC#Cc1cccc2c1n(C)c(=O)n2C1CCC(=O)NC1=O. The maximum Gasteiger partial charge on any atom is 0.407 e. The highest BCUT2D eigenvalue weighted by atomic mass is 16.5. The lowest BCUT2D eigenvalue weighted by atomic mass is 10.1. The van der Waals surface area contributed by atoms with Crippen LogP contribution in [0.2, 0.25) is 0 Å². The number of aromatic nitrogens is 2. The number of fused-ring (bicyclic) bond motifs is 1. The summed E-state index contributed by atoms with van der Waals surface area (Å²) in [5, 5.41) is 5.14. The van der Waals surface area contributed by atoms with Gasteiger partial charge in [-0.25, -0.2) is 9.59 Å². The topological polar surface area (TPSA) is 111 Å². The fourth-order valence-electron chi connectivity index (χ4n) is 4.88. The quantitative estimate of drug-likeness (QED) is 0.206. The smallest absolute Gasteiger partial charge is 0.407 e. The number of imidazole rings is 1. The Morgan fingerprint density at radius 2 is 1.77 bits per heavy atom. The first-order chi connectivity index (χ1) is 18.9. The summed E-state index contributed by atoms with van der Waals surface area (Å²) < 4.78 is 8.10. The van der Waals surface area contributed by atoms with Gasteiger partial charge in [-0.3, -0.25) is 24.0 Å². The monoisotopic (exact) mass is 538 g/mol. The van der Waals surface area contributed by atoms with Gasteiger partial charge in [-0.1, -0.05) is 69.8 Å². The number of nitrogens with one attached hydrogen (secondary N) is 2. The number of ether oxygens (including phenoxy) is 1. The second-order valence-corrected chi connectivity index (χ2v) is 10.1. The van der Waals surface area contributed by atoms with Gasteiger partial charge in [0, 0.05) is 26.4 Å². The number of amides is 3. The van der Waals surface area contributed by atoms with Crippen molar-refractivity contribution in [3.63, 3.8) is 0 Å². The molecule has 3 rings (SSSR count). The second-order valence-electron chi connectivity index (χ2n) is 10.1. The largest absolute Gasteiger partial charge is 0.450 e. The maximum atomic E-state index is 13.0. The third kappa shape index (κ3) is 8.74. The van der Waals surface area contributed by atoms with Crippen molar-refractivity contribution in [1.29, 1.82) is 0 Å². The van der Waals surface area contributed by atoms with Gasteiger partial charge in [-0.05, 0) is 37.8 Å². The van der Waals surface area contributed by atoms with Crippen molar-refractivity contribution < 1.29 is 19.1 Å². The Labute approximate surface area is 230 Å². The van der Waals surface area contributed by atoms with Gasteiger partial charge in [0.05, 0.1) is 23.2 Å². The molecule has 0 bridgehead atoms. The van der Waals surface area contributed by atoms with E-state index in [0.29, 0.717) is 30.6 Å². The van der Waals surface area contributed by atoms with Crippen molar-refractivity contribution in [1.82, 2.24) is 19.8 Å². The molecule has 9 nitrogen and oxygen atoms in total. The molecule has 1 unspecified atom stereocenters. The van der Waals surface area contributed by atoms with Crippen LogP contribution in [0.1, 0.15) is 102 Å². The summed E-state index contributed by atoms with van der Waals surface area (Å²) in [6.07, 6.45) is 12.0. The van der Waals surface area contributed by atoms with Gasteiger partial charge in [0.25, 0.3) is 0 Å². The number of carbonyl (C=O) groups is 3. The minimum atomic E-state index is -0.696. The summed E-state index contributed by atoms with van der Waals surface area (Å²) in [5.74, 6) is 5.74. The number of carbonyl (C=O) groups excluding carboxylic acids is 3. The summed E-state index contributed by atoms with van der Waals surface area (Å²) in [7, 11) is 1.69. The van der Waals surface area contributed by atoms with E-state index in [9.17, 15) is 19.2 Å². The Hall–Kier alpha value is -3.54. The van der Waals surface area contributed by atoms with Gasteiger partial charge in [-0.2, -0.15) is 0 Å². The highest BCUT2D eigenvalue weighted by Crippen LogP contribution is 2.24. The lowest BCUT2D eigenvalue weighted by molar-refractivity contribution is -0.135. The van der Waals surface area contributed by atoms with Gasteiger partial charge in [-0.15, -0.1) is 0 Å². The lowest BCUT2D eigenvalue weighted by Gasteiger charge is -2.21. The van der Waals surface area contributed by atoms with E-state index < -0.39 is 11.9 Å². The number of hydrogen-bond donors (Lipinski definition) is 2. The molecular formula is C30H42N4O5. The summed E-state index contributed by atoms with van der Waals surface area (Å²) in [6, 6.07) is 4.88. The summed E-state index contributed by atoms with van der Waals surface area (Å²) >= 11 is 0. The average molecular weight is 539 g/mol. The molecule has 2 heterocycles. The number of piperidine rings is 1. The number of rotatable bonds is 14. The van der Waals surface area contributed by atoms with Crippen LogP contribution in [-0.2, 0) is 21.4 Å². The third-order valence-electron chi connectivity index (χ3n) is 7.08. The van der Waals surface area contributed by atoms with Crippen LogP contribution < -0.4 is 16.3 Å². The van der Waals surface area contributed by atoms with Crippen molar-refractivity contribution in [2.45, 2.75) is 96.4 Å². The zero-order valence-corrected chi connectivity index (χ0v) is 23.4. The molecule has 0 radical (unpaired) electrons. The minimum absolute atomic E-state index is 0.216. The van der Waals surface area contributed by atoms with Crippen LogP contribution in [0.4, 0.5) is 4.79 Å². The van der Waals surface area contributed by atoms with Crippen LogP contribution in [0.25, 0.3) is 11.0 Å². The van der Waals surface area contributed by atoms with Gasteiger partial charge < -0.3 is 10.1 Å². The van der Waals surface area contributed by atoms with E-state index in [2.05, 4.69) is 29.4 Å². The molecule has 1 aromatic carbocycles. The molecule has 1 aliphatic heterocycles. The van der Waals surface area contributed by atoms with E-state index >= 15 is 0 Å². The normalized spacial score (nSPS) is 15.1. The minimum Gasteiger partial charge on any atom is -0.450 e. The molecule has 1 atom stereocenters. The molecule has 0 aliphatic carbocycles. The van der Waals surface area contributed by atoms with E-state index in [0.717, 1.165) is 50.5 Å². The Kier molecular flexibility index (Phi) is 12.1. The summed E-state index contributed by atoms with van der Waals surface area (Å²) in [4.78, 5) is 48.4. The number of benzene rings is 1.